The highest BCUT2D eigenvalue weighted by molar-refractivity contribution is 7.87. The molecule has 1 fully saturated rings. The molecule has 1 heterocycles. The van der Waals surface area contributed by atoms with Crippen LogP contribution in [0.1, 0.15) is 19.8 Å². The number of rotatable bonds is 1. The van der Waals surface area contributed by atoms with Crippen LogP contribution in [-0.4, -0.2) is 16.4 Å². The van der Waals surface area contributed by atoms with Gasteiger partial charge in [0.05, 0.1) is 11.4 Å². The van der Waals surface area contributed by atoms with Gasteiger partial charge in [0, 0.05) is 6.42 Å². The van der Waals surface area contributed by atoms with E-state index in [-0.39, 0.29) is 4.75 Å². The van der Waals surface area contributed by atoms with Crippen molar-refractivity contribution in [3.05, 3.63) is 0 Å². The van der Waals surface area contributed by atoms with Gasteiger partial charge in [-0.15, -0.1) is 0 Å². The molecule has 1 unspecified atom stereocenters. The molecule has 1 rings (SSSR count). The predicted molar refractivity (Wildman–Crippen MR) is 45.2 cm³/mol. The maximum absolute atomic E-state index is 5.11. The molecule has 9 heavy (non-hydrogen) atoms. The van der Waals surface area contributed by atoms with E-state index in [1.54, 1.807) is 0 Å². The minimum atomic E-state index is -0.102. The van der Waals surface area contributed by atoms with Gasteiger partial charge in [-0.25, -0.2) is 0 Å². The van der Waals surface area contributed by atoms with Crippen LogP contribution in [0.15, 0.2) is 0 Å². The molecule has 1 nitrogen and oxygen atoms in total. The average Bonchev–Trinajstić information content (AvgIpc) is 2.15. The van der Waals surface area contributed by atoms with Crippen molar-refractivity contribution >= 4 is 29.9 Å². The van der Waals surface area contributed by atoms with Crippen LogP contribution in [0.2, 0.25) is 0 Å². The number of thiol groups is 1. The van der Waals surface area contributed by atoms with Crippen molar-refractivity contribution in [1.82, 2.24) is 0 Å². The Balaban J connectivity index is 2.67. The Morgan fingerprint density at radius 3 is 2.78 bits per heavy atom. The summed E-state index contributed by atoms with van der Waals surface area (Å²) in [6.45, 7) is 2.82. The Labute approximate surface area is 66.2 Å². The maximum Gasteiger partial charge on any atom is 0.175 e. The average molecular weight is 162 g/mol. The lowest BCUT2D eigenvalue weighted by Gasteiger charge is -2.16. The minimum Gasteiger partial charge on any atom is -0.485 e. The van der Waals surface area contributed by atoms with E-state index in [1.807, 2.05) is 0 Å². The fourth-order valence-corrected chi connectivity index (χ4v) is 1.36. The van der Waals surface area contributed by atoms with Crippen molar-refractivity contribution < 1.29 is 4.74 Å². The van der Waals surface area contributed by atoms with Gasteiger partial charge >= 0.3 is 0 Å². The number of hydrogen-bond donors (Lipinski definition) is 1. The molecule has 0 aromatic heterocycles. The third kappa shape index (κ3) is 1.22. The van der Waals surface area contributed by atoms with Crippen molar-refractivity contribution in [2.24, 2.45) is 0 Å². The van der Waals surface area contributed by atoms with Crippen LogP contribution in [0.25, 0.3) is 0 Å². The van der Waals surface area contributed by atoms with Crippen LogP contribution >= 0.6 is 24.8 Å². The lowest BCUT2D eigenvalue weighted by molar-refractivity contribution is 0.351. The molecule has 0 N–H and O–H groups in total. The Morgan fingerprint density at radius 1 is 1.89 bits per heavy atom. The van der Waals surface area contributed by atoms with E-state index in [2.05, 4.69) is 19.6 Å². The summed E-state index contributed by atoms with van der Waals surface area (Å²) in [6, 6.07) is 0. The lowest BCUT2D eigenvalue weighted by atomic mass is 10.1. The fourth-order valence-electron chi connectivity index (χ4n) is 0.870. The summed E-state index contributed by atoms with van der Waals surface area (Å²) in [7, 11) is 0. The Hall–Kier alpha value is 0.240. The molecular formula is C6H10OS2. The highest BCUT2D eigenvalue weighted by Crippen LogP contribution is 2.31. The van der Waals surface area contributed by atoms with E-state index in [4.69, 9.17) is 17.0 Å². The van der Waals surface area contributed by atoms with Gasteiger partial charge in [0.1, 0.15) is 0 Å². The summed E-state index contributed by atoms with van der Waals surface area (Å²) in [5.41, 5.74) is 0. The van der Waals surface area contributed by atoms with E-state index in [1.165, 1.54) is 0 Å². The quantitative estimate of drug-likeness (QED) is 0.465. The zero-order chi connectivity index (χ0) is 6.91. The minimum absolute atomic E-state index is 0.102. The molecule has 0 amide bonds. The summed E-state index contributed by atoms with van der Waals surface area (Å²) in [5.74, 6) is 0. The second-order valence-electron chi connectivity index (χ2n) is 2.27. The molecule has 1 atom stereocenters. The van der Waals surface area contributed by atoms with Gasteiger partial charge < -0.3 is 4.74 Å². The zero-order valence-electron chi connectivity index (χ0n) is 5.39. The van der Waals surface area contributed by atoms with Crippen LogP contribution in [0.4, 0.5) is 0 Å². The first-order valence-electron chi connectivity index (χ1n) is 3.08. The van der Waals surface area contributed by atoms with Gasteiger partial charge in [-0.3, -0.25) is 0 Å². The molecule has 0 radical (unpaired) electrons. The smallest absolute Gasteiger partial charge is 0.175 e. The molecule has 52 valence electrons. The normalized spacial score (nSPS) is 34.7. The van der Waals surface area contributed by atoms with Crippen molar-refractivity contribution in [2.75, 3.05) is 6.61 Å². The van der Waals surface area contributed by atoms with Gasteiger partial charge in [-0.1, -0.05) is 6.92 Å². The summed E-state index contributed by atoms with van der Waals surface area (Å²) in [6.07, 6.45) is 1.93. The SMILES string of the molecule is CCC1(S)CCOC1=S. The second-order valence-corrected chi connectivity index (χ2v) is 3.50. The predicted octanol–water partition coefficient (Wildman–Crippen LogP) is 1.81. The fraction of sp³-hybridized carbons (Fsp3) is 0.833. The van der Waals surface area contributed by atoms with Gasteiger partial charge in [-0.2, -0.15) is 12.6 Å². The molecular weight excluding hydrogens is 152 g/mol. The van der Waals surface area contributed by atoms with E-state index in [0.717, 1.165) is 19.4 Å². The summed E-state index contributed by atoms with van der Waals surface area (Å²) in [4.78, 5) is 0. The van der Waals surface area contributed by atoms with E-state index in [9.17, 15) is 0 Å². The number of thiocarbonyl (C=S) groups is 1. The largest absolute Gasteiger partial charge is 0.485 e. The van der Waals surface area contributed by atoms with Gasteiger partial charge in [0.25, 0.3) is 0 Å². The molecule has 0 aliphatic carbocycles. The van der Waals surface area contributed by atoms with E-state index >= 15 is 0 Å². The van der Waals surface area contributed by atoms with Crippen LogP contribution in [0.3, 0.4) is 0 Å². The summed E-state index contributed by atoms with van der Waals surface area (Å²) in [5, 5.41) is 0.674. The van der Waals surface area contributed by atoms with Crippen LogP contribution in [0.5, 0.6) is 0 Å². The first-order chi connectivity index (χ1) is 4.19. The number of ether oxygens (including phenoxy) is 1. The third-order valence-corrected chi connectivity index (χ3v) is 3.12. The highest BCUT2D eigenvalue weighted by atomic mass is 32.1. The first kappa shape index (κ1) is 7.35. The monoisotopic (exact) mass is 162 g/mol. The molecule has 1 aliphatic rings. The van der Waals surface area contributed by atoms with Crippen molar-refractivity contribution in [3.8, 4) is 0 Å². The van der Waals surface area contributed by atoms with Crippen molar-refractivity contribution in [2.45, 2.75) is 24.5 Å². The Bertz CT molecular complexity index is 135. The lowest BCUT2D eigenvalue weighted by Crippen LogP contribution is -2.24. The molecule has 1 aliphatic heterocycles. The standard InChI is InChI=1S/C6H10OS2/c1-2-6(9)3-4-7-5(6)8/h9H,2-4H2,1H3. The van der Waals surface area contributed by atoms with Crippen LogP contribution < -0.4 is 0 Å². The number of hydrogen-bond acceptors (Lipinski definition) is 3. The van der Waals surface area contributed by atoms with Gasteiger partial charge in [0.2, 0.25) is 0 Å². The van der Waals surface area contributed by atoms with Crippen LogP contribution in [0, 0.1) is 0 Å². The maximum atomic E-state index is 5.11. The van der Waals surface area contributed by atoms with Crippen molar-refractivity contribution in [3.63, 3.8) is 0 Å². The topological polar surface area (TPSA) is 9.23 Å². The second kappa shape index (κ2) is 2.46. The van der Waals surface area contributed by atoms with Crippen LogP contribution in [-0.2, 0) is 4.74 Å². The molecule has 0 aromatic rings. The highest BCUT2D eigenvalue weighted by Gasteiger charge is 2.35. The first-order valence-corrected chi connectivity index (χ1v) is 3.94. The Morgan fingerprint density at radius 2 is 2.56 bits per heavy atom. The summed E-state index contributed by atoms with van der Waals surface area (Å²) >= 11 is 9.36. The van der Waals surface area contributed by atoms with E-state index in [0.29, 0.717) is 5.05 Å². The molecule has 0 saturated carbocycles. The van der Waals surface area contributed by atoms with Crippen molar-refractivity contribution in [1.29, 1.82) is 0 Å². The summed E-state index contributed by atoms with van der Waals surface area (Å²) < 4.78 is 5.01. The molecule has 3 heteroatoms. The molecule has 0 spiro atoms. The molecule has 0 aromatic carbocycles. The van der Waals surface area contributed by atoms with Gasteiger partial charge in [-0.05, 0) is 18.6 Å². The molecule has 0 bridgehead atoms. The third-order valence-electron chi connectivity index (χ3n) is 1.71. The molecule has 1 saturated heterocycles. The van der Waals surface area contributed by atoms with E-state index < -0.39 is 0 Å². The van der Waals surface area contributed by atoms with Gasteiger partial charge in [0.15, 0.2) is 5.05 Å². The Kier molecular flexibility index (Phi) is 2.01. The zero-order valence-corrected chi connectivity index (χ0v) is 7.10.